The van der Waals surface area contributed by atoms with Gasteiger partial charge in [0.15, 0.2) is 0 Å². The molecule has 464 valence electrons. The first-order chi connectivity index (χ1) is 38.8. The van der Waals surface area contributed by atoms with Crippen LogP contribution in [0.4, 0.5) is 9.59 Å². The Bertz CT molecular complexity index is 2740. The van der Waals surface area contributed by atoms with Gasteiger partial charge < -0.3 is 45.1 Å². The number of rotatable bonds is 31. The highest BCUT2D eigenvalue weighted by atomic mass is 35.7. The van der Waals surface area contributed by atoms with E-state index in [-0.39, 0.29) is 28.8 Å². The SMILES string of the molecule is C=C(C)CCCC(C)CCN(C[C@@H](O)[C@H](Cc1ccccc1)NC(=O)OC(C)(C)C)S(=O)(=O)c1ccc(OC)cc1.C=C(C)CCCC(C)CCNC[C@@H](O)[C@H](Cc1ccccc1)NC(=O)OC(C)(C)C.COc1ccc(S(=O)(=O)Cl)cc1. The molecule has 83 heavy (non-hydrogen) atoms. The van der Waals surface area contributed by atoms with E-state index in [4.69, 9.17) is 29.6 Å². The van der Waals surface area contributed by atoms with Gasteiger partial charge >= 0.3 is 12.2 Å². The fraction of sp³-hybridized carbons (Fsp3) is 0.531. The molecule has 0 saturated heterocycles. The third-order valence-electron chi connectivity index (χ3n) is 13.0. The first-order valence-electron chi connectivity index (χ1n) is 28.5. The molecule has 16 nitrogen and oxygen atoms in total. The predicted octanol–water partition coefficient (Wildman–Crippen LogP) is 12.4. The maximum absolute atomic E-state index is 13.8. The molecule has 0 bridgehead atoms. The van der Waals surface area contributed by atoms with Crippen molar-refractivity contribution >= 4 is 41.9 Å². The van der Waals surface area contributed by atoms with Crippen molar-refractivity contribution in [2.24, 2.45) is 11.8 Å². The number of nitrogens with zero attached hydrogens (tertiary/aromatic N) is 1. The molecule has 5 N–H and O–H groups in total. The number of ether oxygens (including phenoxy) is 4. The van der Waals surface area contributed by atoms with Crippen LogP contribution >= 0.6 is 10.7 Å². The fourth-order valence-corrected chi connectivity index (χ4v) is 10.6. The summed E-state index contributed by atoms with van der Waals surface area (Å²) < 4.78 is 71.3. The number of methoxy groups -OCH3 is 2. The average Bonchev–Trinajstić information content (AvgIpc) is 3.61. The Morgan fingerprint density at radius 3 is 1.39 bits per heavy atom. The summed E-state index contributed by atoms with van der Waals surface area (Å²) in [5.41, 5.74) is 3.02. The smallest absolute Gasteiger partial charge is 0.407 e. The summed E-state index contributed by atoms with van der Waals surface area (Å²) in [4.78, 5) is 25.1. The van der Waals surface area contributed by atoms with Gasteiger partial charge in [-0.3, -0.25) is 0 Å². The second-order valence-electron chi connectivity index (χ2n) is 23.4. The van der Waals surface area contributed by atoms with E-state index in [2.05, 4.69) is 49.9 Å². The monoisotopic (exact) mass is 1210 g/mol. The quantitative estimate of drug-likeness (QED) is 0.0180. The van der Waals surface area contributed by atoms with E-state index in [1.807, 2.05) is 88.4 Å². The maximum atomic E-state index is 13.8. The molecule has 0 aromatic heterocycles. The average molecular weight is 1210 g/mol. The normalized spacial score (nSPS) is 13.9. The van der Waals surface area contributed by atoms with Crippen molar-refractivity contribution in [3.63, 3.8) is 0 Å². The second-order valence-corrected chi connectivity index (χ2v) is 27.9. The van der Waals surface area contributed by atoms with Gasteiger partial charge in [-0.25, -0.2) is 26.4 Å². The maximum Gasteiger partial charge on any atom is 0.407 e. The molecule has 4 aromatic carbocycles. The number of alkyl carbamates (subject to hydrolysis) is 2. The highest BCUT2D eigenvalue weighted by molar-refractivity contribution is 8.13. The summed E-state index contributed by atoms with van der Waals surface area (Å²) in [5, 5.41) is 31.2. The van der Waals surface area contributed by atoms with Crippen molar-refractivity contribution in [2.75, 3.05) is 40.4 Å². The van der Waals surface area contributed by atoms with Crippen molar-refractivity contribution in [1.82, 2.24) is 20.3 Å². The lowest BCUT2D eigenvalue weighted by Crippen LogP contribution is -2.51. The van der Waals surface area contributed by atoms with Crippen LogP contribution in [-0.2, 0) is 41.4 Å². The number of carbonyl (C=O) groups is 2. The van der Waals surface area contributed by atoms with E-state index in [0.29, 0.717) is 43.2 Å². The molecule has 0 aliphatic heterocycles. The third-order valence-corrected chi connectivity index (χ3v) is 16.2. The zero-order valence-corrected chi connectivity index (χ0v) is 53.7. The minimum atomic E-state index is -3.95. The van der Waals surface area contributed by atoms with E-state index in [1.165, 1.54) is 73.3 Å². The zero-order valence-electron chi connectivity index (χ0n) is 51.3. The van der Waals surface area contributed by atoms with Crippen molar-refractivity contribution in [1.29, 1.82) is 0 Å². The Hall–Kier alpha value is -5.47. The summed E-state index contributed by atoms with van der Waals surface area (Å²) in [6.45, 7) is 28.4. The summed E-state index contributed by atoms with van der Waals surface area (Å²) in [5.74, 6) is 2.05. The molecular formula is C64H97ClN4O12S2. The van der Waals surface area contributed by atoms with Gasteiger partial charge in [0, 0.05) is 30.3 Å². The Morgan fingerprint density at radius 1 is 0.602 bits per heavy atom. The molecule has 0 heterocycles. The van der Waals surface area contributed by atoms with Gasteiger partial charge in [0.25, 0.3) is 9.05 Å². The molecule has 0 spiro atoms. The molecule has 0 fully saturated rings. The number of hydrogen-bond acceptors (Lipinski definition) is 13. The number of nitrogens with one attached hydrogen (secondary N) is 3. The molecule has 2 amide bonds. The molecule has 4 aromatic rings. The predicted molar refractivity (Wildman–Crippen MR) is 334 cm³/mol. The highest BCUT2D eigenvalue weighted by Gasteiger charge is 2.32. The minimum absolute atomic E-state index is 0.0740. The van der Waals surface area contributed by atoms with E-state index in [0.717, 1.165) is 55.3 Å². The molecule has 0 radical (unpaired) electrons. The zero-order chi connectivity index (χ0) is 62.4. The van der Waals surface area contributed by atoms with Crippen LogP contribution in [0.5, 0.6) is 11.5 Å². The van der Waals surface area contributed by atoms with Crippen LogP contribution in [0.25, 0.3) is 0 Å². The molecule has 0 saturated carbocycles. The Morgan fingerprint density at radius 2 is 1.00 bits per heavy atom. The molecule has 0 aliphatic rings. The van der Waals surface area contributed by atoms with Crippen molar-refractivity contribution < 1.29 is 55.6 Å². The van der Waals surface area contributed by atoms with Gasteiger partial charge in [-0.05, 0) is 185 Å². The van der Waals surface area contributed by atoms with Crippen LogP contribution in [0.15, 0.2) is 143 Å². The minimum Gasteiger partial charge on any atom is -0.497 e. The summed E-state index contributed by atoms with van der Waals surface area (Å²) in [6, 6.07) is 30.2. The van der Waals surface area contributed by atoms with Gasteiger partial charge in [0.1, 0.15) is 22.7 Å². The number of aliphatic hydroxyl groups is 2. The molecule has 4 rings (SSSR count). The van der Waals surface area contributed by atoms with Gasteiger partial charge in [-0.1, -0.05) is 98.5 Å². The lowest BCUT2D eigenvalue weighted by Gasteiger charge is -2.31. The summed E-state index contributed by atoms with van der Waals surface area (Å²) in [6.07, 6.45) is 5.77. The fourth-order valence-electron chi connectivity index (χ4n) is 8.40. The van der Waals surface area contributed by atoms with Gasteiger partial charge in [-0.15, -0.1) is 13.2 Å². The first-order valence-corrected chi connectivity index (χ1v) is 32.2. The third kappa shape index (κ3) is 32.4. The number of benzene rings is 4. The number of halogens is 1. The second kappa shape index (κ2) is 37.1. The summed E-state index contributed by atoms with van der Waals surface area (Å²) in [7, 11) is 0.544. The van der Waals surface area contributed by atoms with Crippen LogP contribution < -0.4 is 25.4 Å². The first kappa shape index (κ1) is 73.6. The standard InChI is InChI=1S/C32H48N2O6S.C25H42N2O3.C7H7ClO3S/c1-24(2)12-11-13-25(3)20-21-34(41(37,38)28-18-16-27(39-7)17-19-28)23-30(35)29(22-26-14-9-8-10-15-26)33-31(36)40-32(4,5)6;1-19(2)11-10-12-20(3)15-16-26-18-23(28)22(17-21-13-8-7-9-14-21)27-24(29)30-25(4,5)6;1-11-6-2-4-7(5-3-6)12(8,9)10/h8-10,14-19,25,29-30,35H,1,11-13,20-23H2,2-7H3,(H,33,36);7-9,13-14,20,22-23,26,28H,1,10-12,15-18H2,2-6H3,(H,27,29);2-5H,1H3/t25?,29-,30+;20?,22-,23+;/m00./s1. The van der Waals surface area contributed by atoms with Gasteiger partial charge in [0.05, 0.1) is 48.3 Å². The number of allylic oxidation sites excluding steroid dienone is 2. The topological polar surface area (TPSA) is 219 Å². The Kier molecular flexibility index (Phi) is 32.9. The van der Waals surface area contributed by atoms with Crippen molar-refractivity contribution in [3.05, 3.63) is 145 Å². The largest absolute Gasteiger partial charge is 0.497 e. The molecule has 19 heteroatoms. The molecule has 6 atom stereocenters. The van der Waals surface area contributed by atoms with Crippen LogP contribution in [0.2, 0.25) is 0 Å². The van der Waals surface area contributed by atoms with Crippen molar-refractivity contribution in [2.45, 2.75) is 179 Å². The lowest BCUT2D eigenvalue weighted by molar-refractivity contribution is 0.0399. The Labute approximate surface area is 502 Å². The highest BCUT2D eigenvalue weighted by Crippen LogP contribution is 2.24. The lowest BCUT2D eigenvalue weighted by atomic mass is 9.98. The Balaban J connectivity index is 0.000000486. The number of sulfonamides is 1. The summed E-state index contributed by atoms with van der Waals surface area (Å²) >= 11 is 0. The number of amides is 2. The van der Waals surface area contributed by atoms with Crippen LogP contribution in [-0.4, -0.2) is 119 Å². The van der Waals surface area contributed by atoms with Crippen LogP contribution in [0, 0.1) is 11.8 Å². The molecular weight excluding hydrogens is 1120 g/mol. The van der Waals surface area contributed by atoms with E-state index < -0.39 is 66.8 Å². The van der Waals surface area contributed by atoms with Crippen LogP contribution in [0.3, 0.4) is 0 Å². The number of aliphatic hydroxyl groups excluding tert-OH is 2. The van der Waals surface area contributed by atoms with Crippen molar-refractivity contribution in [3.8, 4) is 11.5 Å². The molecule has 2 unspecified atom stereocenters. The van der Waals surface area contributed by atoms with E-state index >= 15 is 0 Å². The number of hydrogen-bond donors (Lipinski definition) is 5. The molecule has 0 aliphatic carbocycles. The van der Waals surface area contributed by atoms with E-state index in [9.17, 15) is 36.6 Å². The van der Waals surface area contributed by atoms with Gasteiger partial charge in [-0.2, -0.15) is 4.31 Å². The van der Waals surface area contributed by atoms with Gasteiger partial charge in [0.2, 0.25) is 10.0 Å². The number of carbonyl (C=O) groups excluding carboxylic acids is 2. The van der Waals surface area contributed by atoms with Crippen LogP contribution in [0.1, 0.15) is 132 Å². The van der Waals surface area contributed by atoms with E-state index in [1.54, 1.807) is 32.9 Å².